The van der Waals surface area contributed by atoms with Crippen molar-refractivity contribution in [1.82, 2.24) is 5.32 Å². The second-order valence-corrected chi connectivity index (χ2v) is 5.73. The van der Waals surface area contributed by atoms with Gasteiger partial charge in [0.2, 0.25) is 0 Å². The largest absolute Gasteiger partial charge is 0.478 e. The van der Waals surface area contributed by atoms with Crippen LogP contribution in [-0.4, -0.2) is 22.6 Å². The van der Waals surface area contributed by atoms with Crippen molar-refractivity contribution in [2.45, 2.75) is 38.1 Å². The Hall–Kier alpha value is -1.56. The van der Waals surface area contributed by atoms with E-state index in [2.05, 4.69) is 10.6 Å². The van der Waals surface area contributed by atoms with Crippen LogP contribution in [0.15, 0.2) is 11.4 Å². The van der Waals surface area contributed by atoms with E-state index in [4.69, 9.17) is 5.11 Å². The molecule has 2 amide bonds. The molecular weight excluding hydrogens is 252 g/mol. The number of carboxylic acid groups (broad SMARTS) is 1. The van der Waals surface area contributed by atoms with Crippen molar-refractivity contribution in [3.63, 3.8) is 0 Å². The van der Waals surface area contributed by atoms with Crippen molar-refractivity contribution in [3.8, 4) is 0 Å². The van der Waals surface area contributed by atoms with E-state index in [0.29, 0.717) is 5.00 Å². The topological polar surface area (TPSA) is 78.4 Å². The number of urea groups is 1. The van der Waals surface area contributed by atoms with Crippen molar-refractivity contribution in [2.75, 3.05) is 5.32 Å². The number of hydrogen-bond acceptors (Lipinski definition) is 3. The Labute approximate surface area is 109 Å². The standard InChI is InChI=1S/C12H16N2O3S/c1-12(5-2-3-6-12)14-11(17)13-9-8(10(15)16)4-7-18-9/h4,7H,2-3,5-6H2,1H3,(H,15,16)(H2,13,14,17). The first-order valence-electron chi connectivity index (χ1n) is 5.90. The molecule has 1 fully saturated rings. The van der Waals surface area contributed by atoms with Gasteiger partial charge in [-0.3, -0.25) is 5.32 Å². The van der Waals surface area contributed by atoms with E-state index in [0.717, 1.165) is 25.7 Å². The van der Waals surface area contributed by atoms with Gasteiger partial charge in [-0.2, -0.15) is 0 Å². The number of hydrogen-bond donors (Lipinski definition) is 3. The van der Waals surface area contributed by atoms with Crippen LogP contribution in [0.5, 0.6) is 0 Å². The van der Waals surface area contributed by atoms with Crippen LogP contribution in [0.25, 0.3) is 0 Å². The van der Waals surface area contributed by atoms with E-state index >= 15 is 0 Å². The van der Waals surface area contributed by atoms with Gasteiger partial charge in [-0.05, 0) is 31.2 Å². The average Bonchev–Trinajstić information content (AvgIpc) is 2.87. The minimum atomic E-state index is -1.03. The average molecular weight is 268 g/mol. The van der Waals surface area contributed by atoms with E-state index in [-0.39, 0.29) is 17.1 Å². The third kappa shape index (κ3) is 2.81. The predicted molar refractivity (Wildman–Crippen MR) is 70.3 cm³/mol. The molecule has 0 unspecified atom stereocenters. The third-order valence-electron chi connectivity index (χ3n) is 3.25. The predicted octanol–water partition coefficient (Wildman–Crippen LogP) is 2.90. The molecule has 3 N–H and O–H groups in total. The zero-order valence-corrected chi connectivity index (χ0v) is 11.0. The molecule has 1 aromatic heterocycles. The Morgan fingerprint density at radius 2 is 2.06 bits per heavy atom. The molecule has 0 radical (unpaired) electrons. The van der Waals surface area contributed by atoms with Gasteiger partial charge in [-0.25, -0.2) is 9.59 Å². The van der Waals surface area contributed by atoms with Gasteiger partial charge in [0.1, 0.15) is 5.00 Å². The molecule has 0 aromatic carbocycles. The van der Waals surface area contributed by atoms with Gasteiger partial charge in [0, 0.05) is 5.54 Å². The van der Waals surface area contributed by atoms with Crippen LogP contribution in [-0.2, 0) is 0 Å². The van der Waals surface area contributed by atoms with Crippen LogP contribution >= 0.6 is 11.3 Å². The maximum Gasteiger partial charge on any atom is 0.338 e. The molecular formula is C12H16N2O3S. The first kappa shape index (κ1) is 12.9. The first-order valence-corrected chi connectivity index (χ1v) is 6.78. The fourth-order valence-corrected chi connectivity index (χ4v) is 3.04. The zero-order chi connectivity index (χ0) is 13.2. The zero-order valence-electron chi connectivity index (χ0n) is 10.2. The molecule has 18 heavy (non-hydrogen) atoms. The molecule has 0 bridgehead atoms. The van der Waals surface area contributed by atoms with E-state index in [1.807, 2.05) is 6.92 Å². The van der Waals surface area contributed by atoms with Gasteiger partial charge in [0.05, 0.1) is 5.56 Å². The molecule has 5 nitrogen and oxygen atoms in total. The van der Waals surface area contributed by atoms with E-state index in [1.165, 1.54) is 17.4 Å². The van der Waals surface area contributed by atoms with Gasteiger partial charge < -0.3 is 10.4 Å². The van der Waals surface area contributed by atoms with Gasteiger partial charge in [-0.1, -0.05) is 12.8 Å². The lowest BCUT2D eigenvalue weighted by Crippen LogP contribution is -2.45. The van der Waals surface area contributed by atoms with Gasteiger partial charge in [0.25, 0.3) is 0 Å². The summed E-state index contributed by atoms with van der Waals surface area (Å²) in [5.41, 5.74) is -0.0307. The van der Waals surface area contributed by atoms with Crippen molar-refractivity contribution in [2.24, 2.45) is 0 Å². The summed E-state index contributed by atoms with van der Waals surface area (Å²) in [5.74, 6) is -1.03. The first-order chi connectivity index (χ1) is 8.50. The minimum Gasteiger partial charge on any atom is -0.478 e. The number of amides is 2. The summed E-state index contributed by atoms with van der Waals surface area (Å²) in [4.78, 5) is 22.7. The summed E-state index contributed by atoms with van der Waals surface area (Å²) in [7, 11) is 0. The summed E-state index contributed by atoms with van der Waals surface area (Å²) in [5, 5.41) is 16.5. The third-order valence-corrected chi connectivity index (χ3v) is 4.07. The number of anilines is 1. The number of carboxylic acids is 1. The molecule has 0 atom stereocenters. The maximum atomic E-state index is 11.8. The van der Waals surface area contributed by atoms with Gasteiger partial charge in [0.15, 0.2) is 0 Å². The summed E-state index contributed by atoms with van der Waals surface area (Å²) >= 11 is 1.21. The molecule has 2 rings (SSSR count). The molecule has 0 saturated heterocycles. The van der Waals surface area contributed by atoms with Crippen LogP contribution < -0.4 is 10.6 Å². The quantitative estimate of drug-likeness (QED) is 0.788. The number of aromatic carboxylic acids is 1. The Kier molecular flexibility index (Phi) is 3.56. The summed E-state index contributed by atoms with van der Waals surface area (Å²) in [6.07, 6.45) is 4.18. The second kappa shape index (κ2) is 4.97. The number of rotatable bonds is 3. The molecule has 6 heteroatoms. The normalized spacial score (nSPS) is 17.4. The molecule has 0 spiro atoms. The SMILES string of the molecule is CC1(NC(=O)Nc2sccc2C(=O)O)CCCC1. The fourth-order valence-electron chi connectivity index (χ4n) is 2.26. The molecule has 0 aliphatic heterocycles. The minimum absolute atomic E-state index is 0.131. The highest BCUT2D eigenvalue weighted by atomic mass is 32.1. The van der Waals surface area contributed by atoms with Crippen molar-refractivity contribution < 1.29 is 14.7 Å². The van der Waals surface area contributed by atoms with Crippen molar-refractivity contribution in [3.05, 3.63) is 17.0 Å². The Balaban J connectivity index is 1.99. The van der Waals surface area contributed by atoms with Crippen LogP contribution in [0.3, 0.4) is 0 Å². The molecule has 1 saturated carbocycles. The smallest absolute Gasteiger partial charge is 0.338 e. The number of carbonyl (C=O) groups is 2. The summed E-state index contributed by atoms with van der Waals surface area (Å²) in [6.45, 7) is 2.02. The van der Waals surface area contributed by atoms with E-state index in [1.54, 1.807) is 5.38 Å². The second-order valence-electron chi connectivity index (χ2n) is 4.82. The van der Waals surface area contributed by atoms with Gasteiger partial charge >= 0.3 is 12.0 Å². The fraction of sp³-hybridized carbons (Fsp3) is 0.500. The highest BCUT2D eigenvalue weighted by Gasteiger charge is 2.30. The molecule has 1 aliphatic carbocycles. The van der Waals surface area contributed by atoms with Gasteiger partial charge in [-0.15, -0.1) is 11.3 Å². The molecule has 98 valence electrons. The Morgan fingerprint density at radius 1 is 1.39 bits per heavy atom. The van der Waals surface area contributed by atoms with Crippen LogP contribution in [0.4, 0.5) is 9.80 Å². The Bertz CT molecular complexity index is 464. The molecule has 1 aliphatic rings. The monoisotopic (exact) mass is 268 g/mol. The number of nitrogens with one attached hydrogen (secondary N) is 2. The molecule has 1 heterocycles. The van der Waals surface area contributed by atoms with Crippen LogP contribution in [0.2, 0.25) is 0 Å². The van der Waals surface area contributed by atoms with E-state index < -0.39 is 5.97 Å². The highest BCUT2D eigenvalue weighted by molar-refractivity contribution is 7.14. The lowest BCUT2D eigenvalue weighted by Gasteiger charge is -2.25. The number of carbonyl (C=O) groups excluding carboxylic acids is 1. The van der Waals surface area contributed by atoms with Crippen LogP contribution in [0.1, 0.15) is 43.0 Å². The molecule has 1 aromatic rings. The number of thiophene rings is 1. The maximum absolute atomic E-state index is 11.8. The summed E-state index contributed by atoms with van der Waals surface area (Å²) in [6, 6.07) is 1.16. The van der Waals surface area contributed by atoms with Crippen LogP contribution in [0, 0.1) is 0 Å². The van der Waals surface area contributed by atoms with Crippen molar-refractivity contribution in [1.29, 1.82) is 0 Å². The lowest BCUT2D eigenvalue weighted by molar-refractivity contribution is 0.0698. The van der Waals surface area contributed by atoms with Crippen molar-refractivity contribution >= 4 is 28.3 Å². The lowest BCUT2D eigenvalue weighted by atomic mass is 10.0. The highest BCUT2D eigenvalue weighted by Crippen LogP contribution is 2.29. The van der Waals surface area contributed by atoms with E-state index in [9.17, 15) is 9.59 Å². The Morgan fingerprint density at radius 3 is 2.67 bits per heavy atom. The summed E-state index contributed by atoms with van der Waals surface area (Å²) < 4.78 is 0.